The van der Waals surface area contributed by atoms with Crippen LogP contribution >= 0.6 is 11.3 Å². The van der Waals surface area contributed by atoms with Crippen LogP contribution in [0.4, 0.5) is 11.4 Å². The summed E-state index contributed by atoms with van der Waals surface area (Å²) in [6, 6.07) is 13.4. The van der Waals surface area contributed by atoms with Gasteiger partial charge >= 0.3 is 0 Å². The molecule has 0 radical (unpaired) electrons. The maximum atomic E-state index is 12.7. The van der Waals surface area contributed by atoms with Crippen molar-refractivity contribution in [3.05, 3.63) is 75.4 Å². The molecule has 0 unspecified atom stereocenters. The number of aromatic nitrogens is 2. The molecule has 1 amide bonds. The van der Waals surface area contributed by atoms with E-state index in [1.165, 1.54) is 23.5 Å². The van der Waals surface area contributed by atoms with Crippen LogP contribution < -0.4 is 10.1 Å². The van der Waals surface area contributed by atoms with Crippen LogP contribution in [0.3, 0.4) is 0 Å². The van der Waals surface area contributed by atoms with Crippen molar-refractivity contribution < 1.29 is 14.5 Å². The quantitative estimate of drug-likeness (QED) is 0.386. The number of carbonyl (C=O) groups excluding carboxylic acids is 1. The first-order valence-corrected chi connectivity index (χ1v) is 9.46. The number of hydrogen-bond donors (Lipinski definition) is 1. The van der Waals surface area contributed by atoms with Crippen molar-refractivity contribution in [2.45, 2.75) is 6.92 Å². The fraction of sp³-hybridized carbons (Fsp3) is 0.100. The van der Waals surface area contributed by atoms with Gasteiger partial charge in [-0.3, -0.25) is 19.3 Å². The summed E-state index contributed by atoms with van der Waals surface area (Å²) in [5.41, 5.74) is 2.69. The highest BCUT2D eigenvalue weighted by atomic mass is 32.1. The third kappa shape index (κ3) is 3.55. The van der Waals surface area contributed by atoms with Crippen LogP contribution in [0.25, 0.3) is 16.2 Å². The van der Waals surface area contributed by atoms with Crippen LogP contribution in [0.15, 0.2) is 54.7 Å². The number of ether oxygens (including phenoxy) is 1. The molecule has 0 saturated carbocycles. The largest absolute Gasteiger partial charge is 0.497 e. The first kappa shape index (κ1) is 18.6. The summed E-state index contributed by atoms with van der Waals surface area (Å²) in [5, 5.41) is 13.9. The van der Waals surface area contributed by atoms with E-state index < -0.39 is 4.92 Å². The molecule has 0 saturated heterocycles. The Bertz CT molecular complexity index is 1230. The summed E-state index contributed by atoms with van der Waals surface area (Å²) < 4.78 is 6.94. The lowest BCUT2D eigenvalue weighted by atomic mass is 10.1. The Morgan fingerprint density at radius 2 is 2.00 bits per heavy atom. The van der Waals surface area contributed by atoms with Gasteiger partial charge < -0.3 is 10.1 Å². The summed E-state index contributed by atoms with van der Waals surface area (Å²) >= 11 is 1.27. The van der Waals surface area contributed by atoms with E-state index in [9.17, 15) is 14.9 Å². The molecule has 2 aromatic heterocycles. The highest BCUT2D eigenvalue weighted by Crippen LogP contribution is 2.29. The van der Waals surface area contributed by atoms with Crippen molar-refractivity contribution in [2.24, 2.45) is 0 Å². The van der Waals surface area contributed by atoms with Crippen LogP contribution in [-0.2, 0) is 0 Å². The predicted molar refractivity (Wildman–Crippen MR) is 111 cm³/mol. The molecule has 2 aromatic carbocycles. The first-order chi connectivity index (χ1) is 14.0. The molecule has 0 aliphatic heterocycles. The number of thiazole rings is 1. The van der Waals surface area contributed by atoms with Gasteiger partial charge in [0.15, 0.2) is 4.96 Å². The fourth-order valence-electron chi connectivity index (χ4n) is 2.94. The maximum absolute atomic E-state index is 12.7. The van der Waals surface area contributed by atoms with Crippen molar-refractivity contribution in [1.29, 1.82) is 0 Å². The summed E-state index contributed by atoms with van der Waals surface area (Å²) in [6.45, 7) is 1.84. The second kappa shape index (κ2) is 7.36. The summed E-state index contributed by atoms with van der Waals surface area (Å²) in [4.78, 5) is 29.0. The Hall–Kier alpha value is -3.72. The zero-order valence-corrected chi connectivity index (χ0v) is 16.4. The number of imidazole rings is 1. The molecule has 29 heavy (non-hydrogen) atoms. The zero-order chi connectivity index (χ0) is 20.5. The van der Waals surface area contributed by atoms with Crippen LogP contribution in [0, 0.1) is 17.0 Å². The predicted octanol–water partition coefficient (Wildman–Crippen LogP) is 4.54. The molecule has 8 nitrogen and oxygen atoms in total. The minimum atomic E-state index is -0.436. The van der Waals surface area contributed by atoms with Crippen LogP contribution in [-0.4, -0.2) is 27.3 Å². The molecule has 2 heterocycles. The van der Waals surface area contributed by atoms with Crippen LogP contribution in [0.5, 0.6) is 5.75 Å². The van der Waals surface area contributed by atoms with Gasteiger partial charge in [0, 0.05) is 35.3 Å². The second-order valence-corrected chi connectivity index (χ2v) is 7.26. The van der Waals surface area contributed by atoms with E-state index in [1.807, 2.05) is 11.3 Å². The number of methoxy groups -OCH3 is 1. The van der Waals surface area contributed by atoms with Crippen molar-refractivity contribution in [3.8, 4) is 17.0 Å². The average molecular weight is 408 g/mol. The Morgan fingerprint density at radius 3 is 2.66 bits per heavy atom. The Balaban J connectivity index is 1.61. The van der Waals surface area contributed by atoms with Crippen molar-refractivity contribution in [1.82, 2.24) is 9.38 Å². The number of fused-ring (bicyclic) bond motifs is 1. The minimum Gasteiger partial charge on any atom is -0.497 e. The van der Waals surface area contributed by atoms with E-state index >= 15 is 0 Å². The molecule has 4 aromatic rings. The number of amides is 1. The number of non-ortho nitro benzene ring substituents is 1. The molecule has 9 heteroatoms. The monoisotopic (exact) mass is 408 g/mol. The van der Waals surface area contributed by atoms with Gasteiger partial charge in [-0.1, -0.05) is 23.5 Å². The van der Waals surface area contributed by atoms with Gasteiger partial charge in [-0.2, -0.15) is 0 Å². The summed E-state index contributed by atoms with van der Waals surface area (Å²) in [5.74, 6) is 0.488. The fourth-order valence-corrected chi connectivity index (χ4v) is 3.95. The lowest BCUT2D eigenvalue weighted by Gasteiger charge is -2.05. The number of nitro groups is 1. The number of nitro benzene ring substituents is 1. The van der Waals surface area contributed by atoms with E-state index in [-0.39, 0.29) is 11.6 Å². The third-order valence-electron chi connectivity index (χ3n) is 4.46. The normalized spacial score (nSPS) is 10.8. The molecule has 0 atom stereocenters. The minimum absolute atomic E-state index is 0.00938. The number of benzene rings is 2. The van der Waals surface area contributed by atoms with Crippen LogP contribution in [0.1, 0.15) is 15.4 Å². The van der Waals surface area contributed by atoms with Gasteiger partial charge in [-0.25, -0.2) is 4.98 Å². The average Bonchev–Trinajstić information content (AvgIpc) is 3.28. The van der Waals surface area contributed by atoms with Crippen molar-refractivity contribution in [3.63, 3.8) is 0 Å². The van der Waals surface area contributed by atoms with Gasteiger partial charge in [0.05, 0.1) is 17.7 Å². The number of anilines is 1. The highest BCUT2D eigenvalue weighted by Gasteiger charge is 2.19. The molecule has 0 aliphatic rings. The third-order valence-corrected chi connectivity index (χ3v) is 5.62. The summed E-state index contributed by atoms with van der Waals surface area (Å²) in [6.07, 6.45) is 1.78. The van der Waals surface area contributed by atoms with E-state index in [0.29, 0.717) is 32.5 Å². The molecule has 0 fully saturated rings. The molecular formula is C20H16N4O4S. The Kier molecular flexibility index (Phi) is 4.73. The molecule has 4 rings (SSSR count). The number of rotatable bonds is 5. The number of aryl methyl sites for hydroxylation is 1. The first-order valence-electron chi connectivity index (χ1n) is 8.65. The van der Waals surface area contributed by atoms with E-state index in [4.69, 9.17) is 4.74 Å². The summed E-state index contributed by atoms with van der Waals surface area (Å²) in [7, 11) is 1.58. The smallest absolute Gasteiger partial charge is 0.270 e. The molecule has 0 aliphatic carbocycles. The standard InChI is InChI=1S/C20H16N4O4S/c1-12-18(19(25)21-14-6-8-16(28-2)9-7-14)29-20-22-17(11-23(12)20)13-4-3-5-15(10-13)24(26)27/h3-11H,1-2H3,(H,21,25). The number of carbonyl (C=O) groups is 1. The van der Waals surface area contributed by atoms with E-state index in [0.717, 1.165) is 5.69 Å². The van der Waals surface area contributed by atoms with E-state index in [1.54, 1.807) is 49.7 Å². The number of hydrogen-bond acceptors (Lipinski definition) is 6. The highest BCUT2D eigenvalue weighted by molar-refractivity contribution is 7.19. The Morgan fingerprint density at radius 1 is 1.24 bits per heavy atom. The van der Waals surface area contributed by atoms with Crippen LogP contribution in [0.2, 0.25) is 0 Å². The molecule has 0 spiro atoms. The topological polar surface area (TPSA) is 98.8 Å². The Labute approximate surface area is 169 Å². The number of nitrogens with zero attached hydrogens (tertiary/aromatic N) is 3. The zero-order valence-electron chi connectivity index (χ0n) is 15.6. The molecular weight excluding hydrogens is 392 g/mol. The molecule has 146 valence electrons. The van der Waals surface area contributed by atoms with Gasteiger partial charge in [0.2, 0.25) is 0 Å². The SMILES string of the molecule is COc1ccc(NC(=O)c2sc3nc(-c4cccc([N+](=O)[O-])c4)cn3c2C)cc1. The second-order valence-electron chi connectivity index (χ2n) is 6.29. The van der Waals surface area contributed by atoms with Gasteiger partial charge in [-0.05, 0) is 31.2 Å². The van der Waals surface area contributed by atoms with E-state index in [2.05, 4.69) is 10.3 Å². The van der Waals surface area contributed by atoms with Gasteiger partial charge in [0.1, 0.15) is 10.6 Å². The van der Waals surface area contributed by atoms with Crippen molar-refractivity contribution >= 4 is 33.6 Å². The lowest BCUT2D eigenvalue weighted by Crippen LogP contribution is -2.11. The molecule has 1 N–H and O–H groups in total. The van der Waals surface area contributed by atoms with Gasteiger partial charge in [-0.15, -0.1) is 0 Å². The molecule has 0 bridgehead atoms. The maximum Gasteiger partial charge on any atom is 0.270 e. The van der Waals surface area contributed by atoms with Gasteiger partial charge in [0.25, 0.3) is 11.6 Å². The number of nitrogens with one attached hydrogen (secondary N) is 1. The van der Waals surface area contributed by atoms with Crippen molar-refractivity contribution in [2.75, 3.05) is 12.4 Å². The lowest BCUT2D eigenvalue weighted by molar-refractivity contribution is -0.384.